The van der Waals surface area contributed by atoms with Crippen LogP contribution in [-0.4, -0.2) is 34.6 Å². The number of carbonyl (C=O) groups excluding carboxylic acids is 4. The Hall–Kier alpha value is -2.50. The zero-order valence-electron chi connectivity index (χ0n) is 10.8. The van der Waals surface area contributed by atoms with Crippen molar-refractivity contribution < 1.29 is 19.2 Å². The van der Waals surface area contributed by atoms with Gasteiger partial charge in [0.05, 0.1) is 11.1 Å². The highest BCUT2D eigenvalue weighted by Gasteiger charge is 2.44. The number of nitrogens with one attached hydrogen (secondary N) is 1. The average molecular weight is 272 g/mol. The lowest BCUT2D eigenvalue weighted by molar-refractivity contribution is -0.136. The highest BCUT2D eigenvalue weighted by Crippen LogP contribution is 2.27. The Morgan fingerprint density at radius 2 is 1.80 bits per heavy atom. The number of benzene rings is 1. The van der Waals surface area contributed by atoms with Crippen molar-refractivity contribution in [2.24, 2.45) is 0 Å². The van der Waals surface area contributed by atoms with Gasteiger partial charge in [0.25, 0.3) is 11.8 Å². The topological polar surface area (TPSA) is 83.6 Å². The molecule has 0 radical (unpaired) electrons. The molecule has 1 fully saturated rings. The molecule has 1 aromatic carbocycles. The summed E-state index contributed by atoms with van der Waals surface area (Å²) in [5, 5.41) is 2.16. The van der Waals surface area contributed by atoms with E-state index in [-0.39, 0.29) is 18.7 Å². The Kier molecular flexibility index (Phi) is 2.67. The van der Waals surface area contributed by atoms with Crippen LogP contribution in [0.1, 0.15) is 39.1 Å². The first-order chi connectivity index (χ1) is 9.49. The molecule has 1 aromatic rings. The van der Waals surface area contributed by atoms with E-state index in [0.717, 1.165) is 10.5 Å². The monoisotopic (exact) mass is 272 g/mol. The summed E-state index contributed by atoms with van der Waals surface area (Å²) < 4.78 is 0. The highest BCUT2D eigenvalue weighted by atomic mass is 16.2. The van der Waals surface area contributed by atoms with Gasteiger partial charge in [-0.2, -0.15) is 0 Å². The molecular weight excluding hydrogens is 260 g/mol. The Bertz CT molecular complexity index is 665. The number of amides is 4. The Balaban J connectivity index is 1.97. The first kappa shape index (κ1) is 12.5. The lowest BCUT2D eigenvalue weighted by atomic mass is 10.0. The summed E-state index contributed by atoms with van der Waals surface area (Å²) in [7, 11) is 0. The van der Waals surface area contributed by atoms with Crippen LogP contribution in [0.25, 0.3) is 0 Å². The van der Waals surface area contributed by atoms with Crippen molar-refractivity contribution >= 4 is 23.6 Å². The highest BCUT2D eigenvalue weighted by molar-refractivity contribution is 6.23. The maximum atomic E-state index is 12.3. The first-order valence-electron chi connectivity index (χ1n) is 6.31. The van der Waals surface area contributed by atoms with E-state index in [0.29, 0.717) is 11.1 Å². The zero-order valence-corrected chi connectivity index (χ0v) is 10.8. The molecule has 1 N–H and O–H groups in total. The quantitative estimate of drug-likeness (QED) is 0.750. The van der Waals surface area contributed by atoms with E-state index in [1.165, 1.54) is 0 Å². The molecule has 1 atom stereocenters. The molecule has 0 unspecified atom stereocenters. The SMILES string of the molecule is Cc1ccc2c(c1)C(=O)N([C@H]1CCC(=O)NC1=O)C2=O. The zero-order chi connectivity index (χ0) is 14.4. The number of hydrogen-bond acceptors (Lipinski definition) is 4. The first-order valence-corrected chi connectivity index (χ1v) is 6.31. The molecule has 102 valence electrons. The van der Waals surface area contributed by atoms with E-state index >= 15 is 0 Å². The molecule has 3 rings (SSSR count). The van der Waals surface area contributed by atoms with E-state index in [4.69, 9.17) is 0 Å². The third-order valence-corrected chi connectivity index (χ3v) is 3.60. The van der Waals surface area contributed by atoms with Crippen LogP contribution in [0, 0.1) is 6.92 Å². The molecule has 2 aliphatic heterocycles. The van der Waals surface area contributed by atoms with Gasteiger partial charge in [-0.1, -0.05) is 11.6 Å². The van der Waals surface area contributed by atoms with Crippen LogP contribution in [0.15, 0.2) is 18.2 Å². The molecule has 2 heterocycles. The number of fused-ring (bicyclic) bond motifs is 1. The van der Waals surface area contributed by atoms with Gasteiger partial charge < -0.3 is 0 Å². The van der Waals surface area contributed by atoms with E-state index in [1.54, 1.807) is 18.2 Å². The molecule has 0 saturated carbocycles. The molecule has 0 aromatic heterocycles. The second kappa shape index (κ2) is 4.26. The number of nitrogens with zero attached hydrogens (tertiary/aromatic N) is 1. The number of imide groups is 2. The van der Waals surface area contributed by atoms with Crippen LogP contribution < -0.4 is 5.32 Å². The minimum Gasteiger partial charge on any atom is -0.295 e. The van der Waals surface area contributed by atoms with Crippen LogP contribution in [0.2, 0.25) is 0 Å². The molecular formula is C14H12N2O4. The summed E-state index contributed by atoms with van der Waals surface area (Å²) >= 11 is 0. The molecule has 0 spiro atoms. The van der Waals surface area contributed by atoms with E-state index in [1.807, 2.05) is 6.92 Å². The van der Waals surface area contributed by atoms with Gasteiger partial charge >= 0.3 is 0 Å². The summed E-state index contributed by atoms with van der Waals surface area (Å²) in [6.07, 6.45) is 0.304. The number of rotatable bonds is 1. The largest absolute Gasteiger partial charge is 0.295 e. The van der Waals surface area contributed by atoms with Gasteiger partial charge in [-0.05, 0) is 25.5 Å². The number of aryl methyl sites for hydroxylation is 1. The van der Waals surface area contributed by atoms with Gasteiger partial charge in [-0.3, -0.25) is 29.4 Å². The van der Waals surface area contributed by atoms with Crippen molar-refractivity contribution in [3.8, 4) is 0 Å². The molecule has 1 saturated heterocycles. The van der Waals surface area contributed by atoms with Gasteiger partial charge in [0, 0.05) is 6.42 Å². The summed E-state index contributed by atoms with van der Waals surface area (Å²) in [5.41, 5.74) is 1.50. The molecule has 4 amide bonds. The van der Waals surface area contributed by atoms with Crippen LogP contribution >= 0.6 is 0 Å². The summed E-state index contributed by atoms with van der Waals surface area (Å²) in [6, 6.07) is 4.08. The predicted octanol–water partition coefficient (Wildman–Crippen LogP) is 0.396. The maximum Gasteiger partial charge on any atom is 0.262 e. The maximum absolute atomic E-state index is 12.3. The standard InChI is InChI=1S/C14H12N2O4/c1-7-2-3-8-9(6-7)14(20)16(13(8)19)10-4-5-11(17)15-12(10)18/h2-3,6,10H,4-5H2,1H3,(H,15,17,18)/t10-/m0/s1. The third kappa shape index (κ3) is 1.72. The Labute approximate surface area is 114 Å². The summed E-state index contributed by atoms with van der Waals surface area (Å²) in [4.78, 5) is 48.5. The van der Waals surface area contributed by atoms with Gasteiger partial charge in [-0.25, -0.2) is 0 Å². The number of piperidine rings is 1. The molecule has 0 aliphatic carbocycles. The Morgan fingerprint density at radius 3 is 2.50 bits per heavy atom. The van der Waals surface area contributed by atoms with Crippen molar-refractivity contribution in [1.82, 2.24) is 10.2 Å². The normalized spacial score (nSPS) is 22.1. The predicted molar refractivity (Wildman–Crippen MR) is 67.9 cm³/mol. The number of hydrogen-bond donors (Lipinski definition) is 1. The second-order valence-corrected chi connectivity index (χ2v) is 5.00. The minimum atomic E-state index is -0.902. The van der Waals surface area contributed by atoms with Crippen LogP contribution in [0.5, 0.6) is 0 Å². The van der Waals surface area contributed by atoms with E-state index < -0.39 is 23.8 Å². The van der Waals surface area contributed by atoms with E-state index in [2.05, 4.69) is 5.32 Å². The van der Waals surface area contributed by atoms with Crippen LogP contribution in [-0.2, 0) is 9.59 Å². The fraction of sp³-hybridized carbons (Fsp3) is 0.286. The van der Waals surface area contributed by atoms with Gasteiger partial charge in [0.2, 0.25) is 11.8 Å². The van der Waals surface area contributed by atoms with E-state index in [9.17, 15) is 19.2 Å². The van der Waals surface area contributed by atoms with Crippen molar-refractivity contribution in [2.75, 3.05) is 0 Å². The average Bonchev–Trinajstić information content (AvgIpc) is 2.63. The van der Waals surface area contributed by atoms with Crippen molar-refractivity contribution in [1.29, 1.82) is 0 Å². The smallest absolute Gasteiger partial charge is 0.262 e. The molecule has 6 nitrogen and oxygen atoms in total. The van der Waals surface area contributed by atoms with Crippen molar-refractivity contribution in [2.45, 2.75) is 25.8 Å². The fourth-order valence-electron chi connectivity index (χ4n) is 2.58. The summed E-state index contributed by atoms with van der Waals surface area (Å²) in [5.74, 6) is -1.91. The fourth-order valence-corrected chi connectivity index (χ4v) is 2.58. The van der Waals surface area contributed by atoms with Crippen LogP contribution in [0.3, 0.4) is 0 Å². The van der Waals surface area contributed by atoms with Crippen molar-refractivity contribution in [3.63, 3.8) is 0 Å². The minimum absolute atomic E-state index is 0.128. The lowest BCUT2D eigenvalue weighted by Gasteiger charge is -2.27. The third-order valence-electron chi connectivity index (χ3n) is 3.60. The number of carbonyl (C=O) groups is 4. The summed E-state index contributed by atoms with van der Waals surface area (Å²) in [6.45, 7) is 1.83. The van der Waals surface area contributed by atoms with Crippen molar-refractivity contribution in [3.05, 3.63) is 34.9 Å². The molecule has 6 heteroatoms. The molecule has 0 bridgehead atoms. The molecule has 20 heavy (non-hydrogen) atoms. The van der Waals surface area contributed by atoms with Gasteiger partial charge in [0.1, 0.15) is 6.04 Å². The molecule has 2 aliphatic rings. The van der Waals surface area contributed by atoms with Gasteiger partial charge in [0.15, 0.2) is 0 Å². The lowest BCUT2D eigenvalue weighted by Crippen LogP contribution is -2.54. The van der Waals surface area contributed by atoms with Gasteiger partial charge in [-0.15, -0.1) is 0 Å². The Morgan fingerprint density at radius 1 is 1.10 bits per heavy atom. The van der Waals surface area contributed by atoms with Crippen LogP contribution in [0.4, 0.5) is 0 Å². The second-order valence-electron chi connectivity index (χ2n) is 5.00.